The Balaban J connectivity index is 1.42. The van der Waals surface area contributed by atoms with Crippen LogP contribution in [0.4, 0.5) is 17.6 Å². The van der Waals surface area contributed by atoms with Crippen molar-refractivity contribution in [3.05, 3.63) is 53.0 Å². The van der Waals surface area contributed by atoms with Gasteiger partial charge in [-0.15, -0.1) is 5.10 Å². The van der Waals surface area contributed by atoms with Crippen molar-refractivity contribution in [3.63, 3.8) is 0 Å². The molecule has 0 bridgehead atoms. The van der Waals surface area contributed by atoms with Gasteiger partial charge in [0, 0.05) is 24.4 Å². The third-order valence-corrected chi connectivity index (χ3v) is 5.70. The van der Waals surface area contributed by atoms with Gasteiger partial charge in [0.15, 0.2) is 0 Å². The topological polar surface area (TPSA) is 81.9 Å². The smallest absolute Gasteiger partial charge is 0.417 e. The minimum absolute atomic E-state index is 0.108. The maximum atomic E-state index is 13.3. The fraction of sp³-hybridized carbons (Fsp3) is 0.364. The van der Waals surface area contributed by atoms with Crippen molar-refractivity contribution in [2.45, 2.75) is 24.4 Å². The van der Waals surface area contributed by atoms with Gasteiger partial charge in [0.1, 0.15) is 18.5 Å². The van der Waals surface area contributed by atoms with Crippen molar-refractivity contribution in [1.29, 1.82) is 0 Å². The van der Waals surface area contributed by atoms with Crippen molar-refractivity contribution >= 4 is 29.5 Å². The minimum atomic E-state index is -4.75. The fourth-order valence-corrected chi connectivity index (χ4v) is 3.85. The number of fused-ring (bicyclic) bond motifs is 1. The molecule has 4 rings (SSSR count). The molecule has 1 unspecified atom stereocenters. The summed E-state index contributed by atoms with van der Waals surface area (Å²) in [5.41, 5.74) is -0.750. The maximum Gasteiger partial charge on any atom is 0.417 e. The Bertz CT molecular complexity index is 1260. The Labute approximate surface area is 201 Å². The molecular formula is C22H21F4N5O3S. The largest absolute Gasteiger partial charge is 0.475 e. The number of hydrogen-bond acceptors (Lipinski definition) is 7. The van der Waals surface area contributed by atoms with Gasteiger partial charge in [-0.2, -0.15) is 22.7 Å². The standard InChI is InChI=1S/C22H21F4N5O3S/c1-13-9-19(31-20(27-13)28-21(29-31)35-2)34-12-16-11-30(7-8-33-16)18(32)6-4-14-3-5-15(23)10-17(14)22(24,25)26/h3-6,9-10,16H,7-8,11-12H2,1-2H3. The normalized spacial score (nSPS) is 16.9. The molecule has 1 aliphatic rings. The zero-order valence-corrected chi connectivity index (χ0v) is 19.6. The third kappa shape index (κ3) is 5.90. The molecule has 1 fully saturated rings. The molecule has 1 amide bonds. The SMILES string of the molecule is CSc1nc2nc(C)cc(OCC3CN(C(=O)C=Cc4ccc(F)cc4C(F)(F)F)CCO3)n2n1. The van der Waals surface area contributed by atoms with Gasteiger partial charge in [-0.3, -0.25) is 4.79 Å². The molecule has 3 aromatic rings. The first-order valence-electron chi connectivity index (χ1n) is 10.5. The zero-order chi connectivity index (χ0) is 25.2. The molecule has 1 saturated heterocycles. The first-order valence-corrected chi connectivity index (χ1v) is 11.7. The number of amides is 1. The van der Waals surface area contributed by atoms with Crippen molar-refractivity contribution in [3.8, 4) is 5.88 Å². The first kappa shape index (κ1) is 24.9. The Kier molecular flexibility index (Phi) is 7.26. The second-order valence-corrected chi connectivity index (χ2v) is 8.47. The zero-order valence-electron chi connectivity index (χ0n) is 18.8. The van der Waals surface area contributed by atoms with E-state index in [0.717, 1.165) is 24.3 Å². The molecule has 0 saturated carbocycles. The summed E-state index contributed by atoms with van der Waals surface area (Å²) in [6, 6.07) is 4.01. The molecule has 0 aliphatic carbocycles. The van der Waals surface area contributed by atoms with E-state index in [-0.39, 0.29) is 31.9 Å². The van der Waals surface area contributed by atoms with Gasteiger partial charge in [0.25, 0.3) is 5.78 Å². The van der Waals surface area contributed by atoms with Crippen molar-refractivity contribution in [2.75, 3.05) is 32.6 Å². The van der Waals surface area contributed by atoms with Crippen LogP contribution in [0.5, 0.6) is 5.88 Å². The second kappa shape index (κ2) is 10.2. The van der Waals surface area contributed by atoms with Crippen LogP contribution in [-0.2, 0) is 15.7 Å². The summed E-state index contributed by atoms with van der Waals surface area (Å²) in [4.78, 5) is 22.7. The van der Waals surface area contributed by atoms with E-state index >= 15 is 0 Å². The van der Waals surface area contributed by atoms with Crippen LogP contribution < -0.4 is 4.74 Å². The summed E-state index contributed by atoms with van der Waals surface area (Å²) in [7, 11) is 0. The summed E-state index contributed by atoms with van der Waals surface area (Å²) in [5.74, 6) is -0.675. The number of thioether (sulfide) groups is 1. The number of aryl methyl sites for hydroxylation is 1. The van der Waals surface area contributed by atoms with Crippen molar-refractivity contribution in [2.24, 2.45) is 0 Å². The van der Waals surface area contributed by atoms with E-state index in [0.29, 0.717) is 28.6 Å². The Morgan fingerprint density at radius 2 is 2.11 bits per heavy atom. The van der Waals surface area contributed by atoms with Crippen LogP contribution in [0.25, 0.3) is 11.9 Å². The molecule has 3 heterocycles. The first-order chi connectivity index (χ1) is 16.6. The van der Waals surface area contributed by atoms with Gasteiger partial charge in [-0.05, 0) is 37.0 Å². The number of morpholine rings is 1. The number of carbonyl (C=O) groups excluding carboxylic acids is 1. The highest BCUT2D eigenvalue weighted by Crippen LogP contribution is 2.33. The molecule has 13 heteroatoms. The summed E-state index contributed by atoms with van der Waals surface area (Å²) in [5, 5.41) is 4.87. The van der Waals surface area contributed by atoms with E-state index in [1.54, 1.807) is 13.0 Å². The van der Waals surface area contributed by atoms with Crippen LogP contribution in [0.2, 0.25) is 0 Å². The molecule has 2 aromatic heterocycles. The van der Waals surface area contributed by atoms with Crippen LogP contribution in [0.3, 0.4) is 0 Å². The lowest BCUT2D eigenvalue weighted by Gasteiger charge is -2.32. The molecule has 0 N–H and O–H groups in total. The summed E-state index contributed by atoms with van der Waals surface area (Å²) in [6.07, 6.45) is -1.29. The van der Waals surface area contributed by atoms with E-state index in [9.17, 15) is 22.4 Å². The highest BCUT2D eigenvalue weighted by molar-refractivity contribution is 7.98. The number of benzene rings is 1. The van der Waals surface area contributed by atoms with Crippen LogP contribution in [0.1, 0.15) is 16.8 Å². The number of alkyl halides is 3. The van der Waals surface area contributed by atoms with Gasteiger partial charge < -0.3 is 14.4 Å². The number of halogens is 4. The highest BCUT2D eigenvalue weighted by atomic mass is 32.2. The number of rotatable bonds is 6. The number of carbonyl (C=O) groups is 1. The average molecular weight is 512 g/mol. The van der Waals surface area contributed by atoms with Crippen LogP contribution in [0.15, 0.2) is 35.5 Å². The van der Waals surface area contributed by atoms with Gasteiger partial charge in [0.05, 0.1) is 18.7 Å². The second-order valence-electron chi connectivity index (χ2n) is 7.70. The van der Waals surface area contributed by atoms with Crippen LogP contribution >= 0.6 is 11.8 Å². The Hall–Kier alpha value is -3.19. The van der Waals surface area contributed by atoms with E-state index in [4.69, 9.17) is 9.47 Å². The Morgan fingerprint density at radius 1 is 1.31 bits per heavy atom. The molecule has 35 heavy (non-hydrogen) atoms. The van der Waals surface area contributed by atoms with E-state index < -0.39 is 29.6 Å². The monoisotopic (exact) mass is 511 g/mol. The third-order valence-electron chi connectivity index (χ3n) is 5.16. The number of nitrogens with zero attached hydrogens (tertiary/aromatic N) is 5. The predicted octanol–water partition coefficient (Wildman–Crippen LogP) is 3.63. The van der Waals surface area contributed by atoms with Crippen molar-refractivity contribution in [1.82, 2.24) is 24.5 Å². The van der Waals surface area contributed by atoms with E-state index in [1.807, 2.05) is 6.26 Å². The lowest BCUT2D eigenvalue weighted by Crippen LogP contribution is -2.47. The van der Waals surface area contributed by atoms with Gasteiger partial charge in [0.2, 0.25) is 16.9 Å². The minimum Gasteiger partial charge on any atom is -0.475 e. The molecule has 1 atom stereocenters. The number of hydrogen-bond donors (Lipinski definition) is 0. The molecule has 1 aliphatic heterocycles. The summed E-state index contributed by atoms with van der Waals surface area (Å²) < 4.78 is 65.9. The Morgan fingerprint density at radius 3 is 2.86 bits per heavy atom. The summed E-state index contributed by atoms with van der Waals surface area (Å²) >= 11 is 1.37. The molecule has 1 aromatic carbocycles. The average Bonchev–Trinajstić information content (AvgIpc) is 3.24. The summed E-state index contributed by atoms with van der Waals surface area (Å²) in [6.45, 7) is 2.60. The lowest BCUT2D eigenvalue weighted by molar-refractivity contribution is -0.138. The van der Waals surface area contributed by atoms with Crippen LogP contribution in [-0.4, -0.2) is 69.1 Å². The van der Waals surface area contributed by atoms with Gasteiger partial charge >= 0.3 is 6.18 Å². The highest BCUT2D eigenvalue weighted by Gasteiger charge is 2.33. The number of aromatic nitrogens is 4. The lowest BCUT2D eigenvalue weighted by atomic mass is 10.1. The quantitative estimate of drug-likeness (QED) is 0.284. The number of ether oxygens (including phenoxy) is 2. The van der Waals surface area contributed by atoms with E-state index in [2.05, 4.69) is 15.1 Å². The maximum absolute atomic E-state index is 13.3. The predicted molar refractivity (Wildman–Crippen MR) is 120 cm³/mol. The molecule has 8 nitrogen and oxygen atoms in total. The molecule has 186 valence electrons. The molecule has 0 spiro atoms. The fourth-order valence-electron chi connectivity index (χ4n) is 3.51. The molecular weight excluding hydrogens is 490 g/mol. The van der Waals surface area contributed by atoms with Gasteiger partial charge in [-0.25, -0.2) is 9.37 Å². The van der Waals surface area contributed by atoms with Crippen LogP contribution in [0, 0.1) is 12.7 Å². The van der Waals surface area contributed by atoms with Gasteiger partial charge in [-0.1, -0.05) is 17.8 Å². The van der Waals surface area contributed by atoms with E-state index in [1.165, 1.54) is 21.2 Å². The molecule has 0 radical (unpaired) electrons. The van der Waals surface area contributed by atoms with Crippen molar-refractivity contribution < 1.29 is 31.8 Å².